The lowest BCUT2D eigenvalue weighted by atomic mass is 9.88. The summed E-state index contributed by atoms with van der Waals surface area (Å²) in [4.78, 5) is 41.0. The summed E-state index contributed by atoms with van der Waals surface area (Å²) >= 11 is 0. The average Bonchev–Trinajstić information content (AvgIpc) is 3.09. The van der Waals surface area contributed by atoms with Gasteiger partial charge in [0.1, 0.15) is 6.04 Å². The van der Waals surface area contributed by atoms with Crippen LogP contribution in [0.4, 0.5) is 0 Å². The molecule has 1 heterocycles. The Balaban J connectivity index is 1.81. The zero-order valence-corrected chi connectivity index (χ0v) is 15.5. The van der Waals surface area contributed by atoms with Crippen LogP contribution in [0.3, 0.4) is 0 Å². The molecule has 0 aromatic heterocycles. The van der Waals surface area contributed by atoms with Crippen molar-refractivity contribution in [3.63, 3.8) is 0 Å². The van der Waals surface area contributed by atoms with Crippen molar-refractivity contribution in [1.29, 1.82) is 0 Å². The number of carbonyl (C=O) groups excluding carboxylic acids is 3. The minimum atomic E-state index is -1.08. The lowest BCUT2D eigenvalue weighted by Crippen LogP contribution is -2.48. The fourth-order valence-electron chi connectivity index (χ4n) is 3.27. The molecule has 0 aliphatic carbocycles. The molecule has 0 bridgehead atoms. The third-order valence-electron chi connectivity index (χ3n) is 4.68. The minimum absolute atomic E-state index is 0.178. The van der Waals surface area contributed by atoms with Gasteiger partial charge >= 0.3 is 0 Å². The second-order valence-corrected chi connectivity index (χ2v) is 6.64. The van der Waals surface area contributed by atoms with E-state index in [4.69, 9.17) is 5.73 Å². The Bertz CT molecular complexity index is 950. The Morgan fingerprint density at radius 1 is 1.04 bits per heavy atom. The summed E-state index contributed by atoms with van der Waals surface area (Å²) in [6.07, 6.45) is 1.69. The number of nitrogens with two attached hydrogens (primary N) is 1. The Morgan fingerprint density at radius 3 is 2.25 bits per heavy atom. The van der Waals surface area contributed by atoms with Gasteiger partial charge in [-0.3, -0.25) is 19.4 Å². The van der Waals surface area contributed by atoms with Crippen molar-refractivity contribution < 1.29 is 14.4 Å². The molecule has 0 saturated heterocycles. The molecule has 0 spiro atoms. The maximum Gasteiger partial charge on any atom is 0.287 e. The van der Waals surface area contributed by atoms with Crippen LogP contribution in [0, 0.1) is 0 Å². The predicted octanol–water partition coefficient (Wildman–Crippen LogP) is 1.91. The Morgan fingerprint density at radius 2 is 1.64 bits per heavy atom. The Kier molecular flexibility index (Phi) is 5.79. The highest BCUT2D eigenvalue weighted by Gasteiger charge is 2.32. The van der Waals surface area contributed by atoms with Crippen molar-refractivity contribution in [3.05, 3.63) is 83.6 Å². The van der Waals surface area contributed by atoms with Gasteiger partial charge in [-0.25, -0.2) is 0 Å². The molecule has 6 heteroatoms. The molecule has 0 fully saturated rings. The van der Waals surface area contributed by atoms with Crippen LogP contribution < -0.4 is 11.1 Å². The third-order valence-corrected chi connectivity index (χ3v) is 4.68. The van der Waals surface area contributed by atoms with Gasteiger partial charge in [0.25, 0.3) is 5.91 Å². The van der Waals surface area contributed by atoms with Gasteiger partial charge in [0, 0.05) is 23.9 Å². The summed E-state index contributed by atoms with van der Waals surface area (Å²) in [6.45, 7) is 1.85. The number of rotatable bonds is 7. The van der Waals surface area contributed by atoms with E-state index in [2.05, 4.69) is 10.3 Å². The van der Waals surface area contributed by atoms with Crippen LogP contribution in [0.5, 0.6) is 0 Å². The van der Waals surface area contributed by atoms with Gasteiger partial charge in [0.15, 0.2) is 0 Å². The van der Waals surface area contributed by atoms with E-state index in [1.165, 1.54) is 6.20 Å². The summed E-state index contributed by atoms with van der Waals surface area (Å²) in [5, 5.41) is 2.68. The van der Waals surface area contributed by atoms with Gasteiger partial charge in [0.2, 0.25) is 11.7 Å². The lowest BCUT2D eigenvalue weighted by Gasteiger charge is -2.20. The van der Waals surface area contributed by atoms with E-state index in [1.54, 1.807) is 0 Å². The number of aliphatic imine (C=N–C) groups is 1. The SMILES string of the molecule is CC1=NC=C(C(=O)NC(Cc2ccccc2)C(=O)C(N)=O)C1c1ccccc1. The van der Waals surface area contributed by atoms with Crippen molar-refractivity contribution >= 4 is 23.3 Å². The number of Topliss-reactive ketones (excluding diaryl/α,β-unsaturated/α-hetero) is 1. The van der Waals surface area contributed by atoms with Crippen LogP contribution in [-0.4, -0.2) is 29.4 Å². The number of nitrogens with zero attached hydrogens (tertiary/aromatic N) is 1. The molecule has 1 aliphatic rings. The van der Waals surface area contributed by atoms with E-state index in [0.29, 0.717) is 5.57 Å². The van der Waals surface area contributed by atoms with Crippen LogP contribution >= 0.6 is 0 Å². The molecule has 3 rings (SSSR count). The predicted molar refractivity (Wildman–Crippen MR) is 107 cm³/mol. The summed E-state index contributed by atoms with van der Waals surface area (Å²) in [5.74, 6) is -2.63. The highest BCUT2D eigenvalue weighted by molar-refractivity contribution is 6.38. The molecule has 2 aromatic rings. The number of primary amides is 1. The standard InChI is InChI=1S/C22H21N3O3/c1-14-19(16-10-6-3-7-11-16)17(13-24-14)22(28)25-18(20(26)21(23)27)12-15-8-4-2-5-9-15/h2-11,13,18-19H,12H2,1H3,(H2,23,27)(H,25,28). The van der Waals surface area contributed by atoms with Crippen LogP contribution in [0.2, 0.25) is 0 Å². The second-order valence-electron chi connectivity index (χ2n) is 6.64. The molecule has 6 nitrogen and oxygen atoms in total. The number of benzene rings is 2. The van der Waals surface area contributed by atoms with Crippen LogP contribution in [0.15, 0.2) is 77.4 Å². The molecule has 142 valence electrons. The zero-order valence-electron chi connectivity index (χ0n) is 15.5. The molecule has 28 heavy (non-hydrogen) atoms. The molecule has 2 amide bonds. The molecule has 2 unspecified atom stereocenters. The third kappa shape index (κ3) is 4.23. The summed E-state index contributed by atoms with van der Waals surface area (Å²) < 4.78 is 0. The maximum atomic E-state index is 12.9. The van der Waals surface area contributed by atoms with E-state index >= 15 is 0 Å². The largest absolute Gasteiger partial charge is 0.363 e. The van der Waals surface area contributed by atoms with Crippen molar-refractivity contribution in [2.45, 2.75) is 25.3 Å². The first-order valence-electron chi connectivity index (χ1n) is 8.95. The number of nitrogens with one attached hydrogen (secondary N) is 1. The molecule has 1 aliphatic heterocycles. The average molecular weight is 375 g/mol. The van der Waals surface area contributed by atoms with Crippen molar-refractivity contribution in [2.24, 2.45) is 10.7 Å². The molecule has 0 saturated carbocycles. The minimum Gasteiger partial charge on any atom is -0.363 e. The normalized spacial score (nSPS) is 16.7. The number of hydrogen-bond donors (Lipinski definition) is 2. The first kappa shape index (κ1) is 19.2. The molecular formula is C22H21N3O3. The van der Waals surface area contributed by atoms with Gasteiger partial charge in [-0.1, -0.05) is 60.7 Å². The van der Waals surface area contributed by atoms with E-state index in [1.807, 2.05) is 67.6 Å². The van der Waals surface area contributed by atoms with Crippen LogP contribution in [0.25, 0.3) is 0 Å². The molecule has 2 aromatic carbocycles. The monoisotopic (exact) mass is 375 g/mol. The summed E-state index contributed by atoms with van der Waals surface area (Å²) in [7, 11) is 0. The van der Waals surface area contributed by atoms with Crippen molar-refractivity contribution in [2.75, 3.05) is 0 Å². The first-order valence-corrected chi connectivity index (χ1v) is 8.95. The summed E-state index contributed by atoms with van der Waals surface area (Å²) in [6, 6.07) is 17.6. The summed E-state index contributed by atoms with van der Waals surface area (Å²) in [5.41, 5.74) is 8.15. The van der Waals surface area contributed by atoms with Gasteiger partial charge in [-0.05, 0) is 18.1 Å². The van der Waals surface area contributed by atoms with E-state index in [9.17, 15) is 14.4 Å². The number of amides is 2. The van der Waals surface area contributed by atoms with Gasteiger partial charge in [-0.2, -0.15) is 0 Å². The highest BCUT2D eigenvalue weighted by Crippen LogP contribution is 2.30. The lowest BCUT2D eigenvalue weighted by molar-refractivity contribution is -0.138. The Hall–Kier alpha value is -3.54. The van der Waals surface area contributed by atoms with Crippen molar-refractivity contribution in [1.82, 2.24) is 5.32 Å². The van der Waals surface area contributed by atoms with Gasteiger partial charge in [0.05, 0.1) is 5.92 Å². The Labute approximate surface area is 163 Å². The van der Waals surface area contributed by atoms with Gasteiger partial charge < -0.3 is 11.1 Å². The topological polar surface area (TPSA) is 102 Å². The molecular weight excluding hydrogens is 354 g/mol. The quantitative estimate of drug-likeness (QED) is 0.723. The van der Waals surface area contributed by atoms with Gasteiger partial charge in [-0.15, -0.1) is 0 Å². The molecule has 0 radical (unpaired) electrons. The number of ketones is 1. The smallest absolute Gasteiger partial charge is 0.287 e. The highest BCUT2D eigenvalue weighted by atomic mass is 16.2. The van der Waals surface area contributed by atoms with Crippen LogP contribution in [-0.2, 0) is 20.8 Å². The van der Waals surface area contributed by atoms with Crippen molar-refractivity contribution in [3.8, 4) is 0 Å². The zero-order chi connectivity index (χ0) is 20.1. The fourth-order valence-corrected chi connectivity index (χ4v) is 3.27. The van der Waals surface area contributed by atoms with E-state index < -0.39 is 23.6 Å². The number of hydrogen-bond acceptors (Lipinski definition) is 4. The molecule has 2 atom stereocenters. The first-order chi connectivity index (χ1) is 13.5. The number of carbonyl (C=O) groups is 3. The van der Waals surface area contributed by atoms with E-state index in [0.717, 1.165) is 16.8 Å². The molecule has 3 N–H and O–H groups in total. The fraction of sp³-hybridized carbons (Fsp3) is 0.182. The second kappa shape index (κ2) is 8.43. The maximum absolute atomic E-state index is 12.9. The van der Waals surface area contributed by atoms with E-state index in [-0.39, 0.29) is 12.3 Å². The van der Waals surface area contributed by atoms with Crippen LogP contribution in [0.1, 0.15) is 24.0 Å².